The molecule has 0 unspecified atom stereocenters. The van der Waals surface area contributed by atoms with Crippen LogP contribution in [0.3, 0.4) is 0 Å². The first-order valence-corrected chi connectivity index (χ1v) is 10.5. The van der Waals surface area contributed by atoms with Crippen LogP contribution in [0.4, 0.5) is 17.6 Å². The highest BCUT2D eigenvalue weighted by Gasteiger charge is 2.31. The maximum Gasteiger partial charge on any atom is 0.416 e. The molecule has 8 heteroatoms. The van der Waals surface area contributed by atoms with Crippen molar-refractivity contribution in [3.8, 4) is 5.75 Å². The zero-order valence-electron chi connectivity index (χ0n) is 16.3. The molecule has 0 saturated heterocycles. The van der Waals surface area contributed by atoms with Crippen molar-refractivity contribution in [3.63, 3.8) is 0 Å². The van der Waals surface area contributed by atoms with Crippen LogP contribution in [0.5, 0.6) is 5.75 Å². The largest absolute Gasteiger partial charge is 0.490 e. The molecule has 0 radical (unpaired) electrons. The monoisotopic (exact) mass is 446 g/mol. The topological polar surface area (TPSA) is 27.1 Å². The first-order valence-electron chi connectivity index (χ1n) is 9.53. The smallest absolute Gasteiger partial charge is 0.416 e. The molecule has 31 heavy (non-hydrogen) atoms. The van der Waals surface area contributed by atoms with E-state index in [9.17, 15) is 17.6 Å². The van der Waals surface area contributed by atoms with E-state index in [4.69, 9.17) is 4.74 Å². The molecule has 3 nitrogen and oxygen atoms in total. The van der Waals surface area contributed by atoms with Crippen LogP contribution in [0.1, 0.15) is 11.1 Å². The Kier molecular flexibility index (Phi) is 6.18. The van der Waals surface area contributed by atoms with Gasteiger partial charge in [0, 0.05) is 5.75 Å². The summed E-state index contributed by atoms with van der Waals surface area (Å²) in [6, 6.07) is 19.3. The van der Waals surface area contributed by atoms with Crippen molar-refractivity contribution in [2.75, 3.05) is 12.4 Å². The van der Waals surface area contributed by atoms with Gasteiger partial charge in [-0.3, -0.25) is 0 Å². The predicted octanol–water partition coefficient (Wildman–Crippen LogP) is 6.41. The van der Waals surface area contributed by atoms with Gasteiger partial charge >= 0.3 is 6.18 Å². The Morgan fingerprint density at radius 3 is 2.42 bits per heavy atom. The molecule has 0 bridgehead atoms. The van der Waals surface area contributed by atoms with Crippen LogP contribution in [0.15, 0.2) is 78.0 Å². The number of aromatic nitrogens is 2. The van der Waals surface area contributed by atoms with Crippen molar-refractivity contribution in [1.29, 1.82) is 0 Å². The number of hydrogen-bond acceptors (Lipinski definition) is 3. The van der Waals surface area contributed by atoms with Crippen LogP contribution in [0.2, 0.25) is 0 Å². The number of benzene rings is 3. The highest BCUT2D eigenvalue weighted by molar-refractivity contribution is 7.99. The van der Waals surface area contributed by atoms with Gasteiger partial charge in [-0.15, -0.1) is 0 Å². The second-order valence-electron chi connectivity index (χ2n) is 6.79. The minimum atomic E-state index is -4.43. The SMILES string of the molecule is Fc1ccccc1OCCSc1nc2cc(C(F)(F)F)ccc2n1Cc1ccccc1. The molecule has 4 aromatic rings. The maximum atomic E-state index is 13.7. The summed E-state index contributed by atoms with van der Waals surface area (Å²) in [6.45, 7) is 0.702. The van der Waals surface area contributed by atoms with Crippen LogP contribution in [0.25, 0.3) is 11.0 Å². The van der Waals surface area contributed by atoms with Crippen LogP contribution in [0, 0.1) is 5.82 Å². The van der Waals surface area contributed by atoms with E-state index in [1.807, 2.05) is 34.9 Å². The van der Waals surface area contributed by atoms with Crippen LogP contribution in [-0.2, 0) is 12.7 Å². The molecular formula is C23H18F4N2OS. The number of para-hydroxylation sites is 1. The van der Waals surface area contributed by atoms with Crippen LogP contribution >= 0.6 is 11.8 Å². The number of rotatable bonds is 7. The van der Waals surface area contributed by atoms with Crippen molar-refractivity contribution in [2.24, 2.45) is 0 Å². The Hall–Kier alpha value is -3.00. The highest BCUT2D eigenvalue weighted by atomic mass is 32.2. The van der Waals surface area contributed by atoms with Crippen molar-refractivity contribution >= 4 is 22.8 Å². The minimum Gasteiger partial charge on any atom is -0.490 e. The lowest BCUT2D eigenvalue weighted by Gasteiger charge is -2.10. The van der Waals surface area contributed by atoms with Crippen molar-refractivity contribution < 1.29 is 22.3 Å². The summed E-state index contributed by atoms with van der Waals surface area (Å²) in [5.74, 6) is 0.178. The number of ether oxygens (including phenoxy) is 1. The Morgan fingerprint density at radius 2 is 1.68 bits per heavy atom. The Balaban J connectivity index is 1.57. The van der Waals surface area contributed by atoms with Crippen LogP contribution in [-0.4, -0.2) is 21.9 Å². The number of hydrogen-bond donors (Lipinski definition) is 0. The van der Waals surface area contributed by atoms with Crippen molar-refractivity contribution in [1.82, 2.24) is 9.55 Å². The summed E-state index contributed by atoms with van der Waals surface area (Å²) in [7, 11) is 0. The number of fused-ring (bicyclic) bond motifs is 1. The van der Waals surface area contributed by atoms with Gasteiger partial charge in [-0.1, -0.05) is 54.2 Å². The molecule has 0 amide bonds. The first kappa shape index (κ1) is 21.2. The second kappa shape index (κ2) is 9.01. The lowest BCUT2D eigenvalue weighted by atomic mass is 10.2. The average molecular weight is 446 g/mol. The van der Waals surface area contributed by atoms with E-state index in [1.54, 1.807) is 18.2 Å². The van der Waals surface area contributed by atoms with E-state index < -0.39 is 17.6 Å². The highest BCUT2D eigenvalue weighted by Crippen LogP contribution is 2.33. The lowest BCUT2D eigenvalue weighted by Crippen LogP contribution is -2.06. The summed E-state index contributed by atoms with van der Waals surface area (Å²) < 4.78 is 60.4. The zero-order chi connectivity index (χ0) is 21.8. The quantitative estimate of drug-likeness (QED) is 0.186. The molecule has 1 heterocycles. The first-order chi connectivity index (χ1) is 14.9. The fourth-order valence-electron chi connectivity index (χ4n) is 3.16. The Labute approximate surface area is 180 Å². The number of thioether (sulfide) groups is 1. The predicted molar refractivity (Wildman–Crippen MR) is 113 cm³/mol. The minimum absolute atomic E-state index is 0.163. The van der Waals surface area contributed by atoms with Crippen molar-refractivity contribution in [2.45, 2.75) is 17.9 Å². The molecule has 1 aromatic heterocycles. The van der Waals surface area contributed by atoms with Crippen molar-refractivity contribution in [3.05, 3.63) is 89.7 Å². The summed E-state index contributed by atoms with van der Waals surface area (Å²) in [5.41, 5.74) is 1.17. The van der Waals surface area contributed by atoms with E-state index in [1.165, 1.54) is 23.9 Å². The Bertz CT molecular complexity index is 1180. The zero-order valence-corrected chi connectivity index (χ0v) is 17.1. The molecule has 0 aliphatic rings. The van der Waals surface area contributed by atoms with Gasteiger partial charge in [-0.05, 0) is 35.9 Å². The Morgan fingerprint density at radius 1 is 0.935 bits per heavy atom. The molecule has 0 N–H and O–H groups in total. The van der Waals surface area contributed by atoms with Gasteiger partial charge in [0.2, 0.25) is 0 Å². The van der Waals surface area contributed by atoms with E-state index >= 15 is 0 Å². The standard InChI is InChI=1S/C23H18F4N2OS/c24-18-8-4-5-9-21(18)30-12-13-31-22-28-19-14-17(23(25,26)27)10-11-20(19)29(22)15-16-6-2-1-3-7-16/h1-11,14H,12-13,15H2. The molecule has 0 saturated carbocycles. The second-order valence-corrected chi connectivity index (χ2v) is 7.86. The molecular weight excluding hydrogens is 428 g/mol. The summed E-state index contributed by atoms with van der Waals surface area (Å²) in [4.78, 5) is 4.44. The average Bonchev–Trinajstić information content (AvgIpc) is 3.09. The van der Waals surface area contributed by atoms with Gasteiger partial charge in [-0.25, -0.2) is 9.37 Å². The third-order valence-corrected chi connectivity index (χ3v) is 5.57. The van der Waals surface area contributed by atoms with E-state index in [-0.39, 0.29) is 17.9 Å². The van der Waals surface area contributed by atoms with E-state index in [2.05, 4.69) is 4.98 Å². The summed E-state index contributed by atoms with van der Waals surface area (Å²) in [5, 5.41) is 0.579. The maximum absolute atomic E-state index is 13.7. The van der Waals surface area contributed by atoms with Gasteiger partial charge in [0.05, 0.1) is 29.7 Å². The molecule has 0 aliphatic carbocycles. The van der Waals surface area contributed by atoms with Gasteiger partial charge in [0.25, 0.3) is 0 Å². The molecule has 0 aliphatic heterocycles. The summed E-state index contributed by atoms with van der Waals surface area (Å²) >= 11 is 1.35. The normalized spacial score (nSPS) is 11.7. The third kappa shape index (κ3) is 5.02. The number of nitrogens with zero attached hydrogens (tertiary/aromatic N) is 2. The molecule has 0 spiro atoms. The lowest BCUT2D eigenvalue weighted by molar-refractivity contribution is -0.137. The third-order valence-electron chi connectivity index (χ3n) is 4.63. The van der Waals surface area contributed by atoms with Crippen LogP contribution < -0.4 is 4.74 Å². The number of alkyl halides is 3. The number of halogens is 4. The fraction of sp³-hybridized carbons (Fsp3) is 0.174. The molecule has 3 aromatic carbocycles. The summed E-state index contributed by atoms with van der Waals surface area (Å²) in [6.07, 6.45) is -4.43. The fourth-order valence-corrected chi connectivity index (χ4v) is 3.99. The number of imidazole rings is 1. The van der Waals surface area contributed by atoms with E-state index in [0.29, 0.717) is 23.0 Å². The molecule has 0 fully saturated rings. The van der Waals surface area contributed by atoms with Gasteiger partial charge in [0.1, 0.15) is 0 Å². The van der Waals surface area contributed by atoms with E-state index in [0.717, 1.165) is 17.7 Å². The van der Waals surface area contributed by atoms with Gasteiger partial charge in [0.15, 0.2) is 16.7 Å². The molecule has 160 valence electrons. The van der Waals surface area contributed by atoms with Gasteiger partial charge < -0.3 is 9.30 Å². The molecule has 0 atom stereocenters. The molecule has 4 rings (SSSR count). The van der Waals surface area contributed by atoms with Gasteiger partial charge in [-0.2, -0.15) is 13.2 Å².